The second-order valence-corrected chi connectivity index (χ2v) is 4.55. The number of aryl methyl sites for hydroxylation is 1. The Morgan fingerprint density at radius 3 is 2.94 bits per heavy atom. The highest BCUT2D eigenvalue weighted by molar-refractivity contribution is 6.30. The number of carbonyl (C=O) groups is 1. The first-order valence-electron chi connectivity index (χ1n) is 5.42. The Morgan fingerprint density at radius 1 is 1.59 bits per heavy atom. The molecule has 0 aromatic carbocycles. The van der Waals surface area contributed by atoms with E-state index in [0.29, 0.717) is 31.5 Å². The van der Waals surface area contributed by atoms with Crippen LogP contribution in [0.2, 0.25) is 0 Å². The molecule has 2 heterocycles. The van der Waals surface area contributed by atoms with Crippen LogP contribution < -0.4 is 0 Å². The van der Waals surface area contributed by atoms with Gasteiger partial charge in [0.05, 0.1) is 13.2 Å². The summed E-state index contributed by atoms with van der Waals surface area (Å²) in [5, 5.41) is 7.12. The Labute approximate surface area is 104 Å². The van der Waals surface area contributed by atoms with E-state index in [1.54, 1.807) is 18.7 Å². The molecular formula is C10H14ClN3O3. The Morgan fingerprint density at radius 2 is 2.35 bits per heavy atom. The third-order valence-electron chi connectivity index (χ3n) is 2.58. The molecule has 1 fully saturated rings. The van der Waals surface area contributed by atoms with E-state index in [0.717, 1.165) is 0 Å². The summed E-state index contributed by atoms with van der Waals surface area (Å²) in [7, 11) is 0. The molecule has 0 saturated carbocycles. The third-order valence-corrected chi connectivity index (χ3v) is 2.77. The highest BCUT2D eigenvalue weighted by Crippen LogP contribution is 2.24. The summed E-state index contributed by atoms with van der Waals surface area (Å²) in [6, 6.07) is -0.335. The molecule has 0 aliphatic carbocycles. The number of hydrogen-bond donors (Lipinski definition) is 0. The molecule has 0 spiro atoms. The van der Waals surface area contributed by atoms with Crippen LogP contribution >= 0.6 is 11.6 Å². The maximum atomic E-state index is 11.9. The van der Waals surface area contributed by atoms with Gasteiger partial charge in [-0.25, -0.2) is 0 Å². The molecule has 2 rings (SSSR count). The van der Waals surface area contributed by atoms with Crippen molar-refractivity contribution in [2.75, 3.05) is 19.8 Å². The van der Waals surface area contributed by atoms with Crippen LogP contribution in [0.5, 0.6) is 0 Å². The molecule has 7 heteroatoms. The zero-order valence-electron chi connectivity index (χ0n) is 9.72. The first-order valence-corrected chi connectivity index (χ1v) is 5.85. The van der Waals surface area contributed by atoms with E-state index < -0.39 is 5.38 Å². The minimum absolute atomic E-state index is 0.143. The monoisotopic (exact) mass is 259 g/mol. The predicted molar refractivity (Wildman–Crippen MR) is 59.6 cm³/mol. The SMILES string of the molecule is Cc1nnc(C2COCCN2C(=O)C(C)Cl)o1. The van der Waals surface area contributed by atoms with Gasteiger partial charge in [-0.3, -0.25) is 4.79 Å². The second-order valence-electron chi connectivity index (χ2n) is 3.90. The summed E-state index contributed by atoms with van der Waals surface area (Å²) in [4.78, 5) is 13.6. The molecule has 94 valence electrons. The van der Waals surface area contributed by atoms with E-state index in [2.05, 4.69) is 10.2 Å². The molecule has 0 N–H and O–H groups in total. The lowest BCUT2D eigenvalue weighted by Gasteiger charge is -2.34. The number of morpholine rings is 1. The largest absolute Gasteiger partial charge is 0.423 e. The fourth-order valence-corrected chi connectivity index (χ4v) is 1.87. The first-order chi connectivity index (χ1) is 8.09. The van der Waals surface area contributed by atoms with Crippen LogP contribution in [0, 0.1) is 6.92 Å². The van der Waals surface area contributed by atoms with Gasteiger partial charge in [0.2, 0.25) is 17.7 Å². The minimum atomic E-state index is -0.570. The molecule has 2 atom stereocenters. The Hall–Kier alpha value is -1.14. The standard InChI is InChI=1S/C10H14ClN3O3/c1-6(11)10(15)14-3-4-16-5-8(14)9-13-12-7(2)17-9/h6,8H,3-5H2,1-2H3. The number of nitrogens with zero attached hydrogens (tertiary/aromatic N) is 3. The van der Waals surface area contributed by atoms with Gasteiger partial charge < -0.3 is 14.1 Å². The van der Waals surface area contributed by atoms with Crippen LogP contribution in [0.4, 0.5) is 0 Å². The van der Waals surface area contributed by atoms with Gasteiger partial charge in [0.1, 0.15) is 11.4 Å². The molecule has 0 radical (unpaired) electrons. The molecule has 1 amide bonds. The van der Waals surface area contributed by atoms with E-state index in [1.165, 1.54) is 0 Å². The summed E-state index contributed by atoms with van der Waals surface area (Å²) >= 11 is 5.82. The number of carbonyl (C=O) groups excluding carboxylic acids is 1. The van der Waals surface area contributed by atoms with E-state index in [4.69, 9.17) is 20.8 Å². The molecule has 6 nitrogen and oxygen atoms in total. The summed E-state index contributed by atoms with van der Waals surface area (Å²) < 4.78 is 10.7. The van der Waals surface area contributed by atoms with Crippen molar-refractivity contribution in [1.29, 1.82) is 0 Å². The smallest absolute Gasteiger partial charge is 0.241 e. The molecule has 17 heavy (non-hydrogen) atoms. The van der Waals surface area contributed by atoms with Gasteiger partial charge in [0.25, 0.3) is 0 Å². The number of alkyl halides is 1. The average molecular weight is 260 g/mol. The Bertz CT molecular complexity index is 407. The van der Waals surface area contributed by atoms with E-state index >= 15 is 0 Å². The lowest BCUT2D eigenvalue weighted by Crippen LogP contribution is -2.46. The summed E-state index contributed by atoms with van der Waals surface area (Å²) in [5.41, 5.74) is 0. The van der Waals surface area contributed by atoms with Crippen molar-refractivity contribution in [3.05, 3.63) is 11.8 Å². The maximum absolute atomic E-state index is 11.9. The molecule has 2 unspecified atom stereocenters. The molecule has 0 bridgehead atoms. The van der Waals surface area contributed by atoms with Gasteiger partial charge in [-0.05, 0) is 6.92 Å². The van der Waals surface area contributed by atoms with Gasteiger partial charge in [-0.15, -0.1) is 21.8 Å². The maximum Gasteiger partial charge on any atom is 0.241 e. The highest BCUT2D eigenvalue weighted by atomic mass is 35.5. The average Bonchev–Trinajstić information content (AvgIpc) is 2.74. The minimum Gasteiger partial charge on any atom is -0.423 e. The van der Waals surface area contributed by atoms with Crippen LogP contribution in [0.3, 0.4) is 0 Å². The van der Waals surface area contributed by atoms with Crippen molar-refractivity contribution in [3.63, 3.8) is 0 Å². The van der Waals surface area contributed by atoms with Gasteiger partial charge in [0, 0.05) is 13.5 Å². The third kappa shape index (κ3) is 2.58. The van der Waals surface area contributed by atoms with E-state index in [-0.39, 0.29) is 11.9 Å². The number of amides is 1. The van der Waals surface area contributed by atoms with Crippen molar-refractivity contribution in [1.82, 2.24) is 15.1 Å². The fourth-order valence-electron chi connectivity index (χ4n) is 1.75. The second kappa shape index (κ2) is 5.01. The van der Waals surface area contributed by atoms with Crippen LogP contribution in [-0.4, -0.2) is 46.1 Å². The lowest BCUT2D eigenvalue weighted by molar-refractivity contribution is -0.140. The quantitative estimate of drug-likeness (QED) is 0.739. The van der Waals surface area contributed by atoms with Crippen LogP contribution in [0.1, 0.15) is 24.7 Å². The van der Waals surface area contributed by atoms with Crippen LogP contribution in [0.15, 0.2) is 4.42 Å². The molecule has 1 aromatic heterocycles. The Balaban J connectivity index is 2.20. The van der Waals surface area contributed by atoms with Crippen molar-refractivity contribution >= 4 is 17.5 Å². The van der Waals surface area contributed by atoms with Gasteiger partial charge >= 0.3 is 0 Å². The summed E-state index contributed by atoms with van der Waals surface area (Å²) in [5.74, 6) is 0.723. The number of rotatable bonds is 2. The van der Waals surface area contributed by atoms with Crippen molar-refractivity contribution in [2.45, 2.75) is 25.3 Å². The fraction of sp³-hybridized carbons (Fsp3) is 0.700. The number of ether oxygens (including phenoxy) is 1. The van der Waals surface area contributed by atoms with Gasteiger partial charge in [0.15, 0.2) is 0 Å². The van der Waals surface area contributed by atoms with Crippen molar-refractivity contribution in [2.24, 2.45) is 0 Å². The molecule has 1 aliphatic heterocycles. The normalized spacial score (nSPS) is 22.5. The predicted octanol–water partition coefficient (Wildman–Crippen LogP) is 0.905. The topological polar surface area (TPSA) is 68.5 Å². The van der Waals surface area contributed by atoms with Gasteiger partial charge in [-0.2, -0.15) is 0 Å². The molecule has 1 saturated heterocycles. The Kier molecular flexibility index (Phi) is 3.63. The number of halogens is 1. The lowest BCUT2D eigenvalue weighted by atomic mass is 10.2. The zero-order valence-corrected chi connectivity index (χ0v) is 10.5. The van der Waals surface area contributed by atoms with E-state index in [9.17, 15) is 4.79 Å². The van der Waals surface area contributed by atoms with Crippen LogP contribution in [0.25, 0.3) is 0 Å². The van der Waals surface area contributed by atoms with Crippen LogP contribution in [-0.2, 0) is 9.53 Å². The van der Waals surface area contributed by atoms with Gasteiger partial charge in [-0.1, -0.05) is 0 Å². The van der Waals surface area contributed by atoms with Crippen molar-refractivity contribution in [3.8, 4) is 0 Å². The summed E-state index contributed by atoms with van der Waals surface area (Å²) in [6.45, 7) is 4.70. The number of hydrogen-bond acceptors (Lipinski definition) is 5. The number of aromatic nitrogens is 2. The first kappa shape index (κ1) is 12.3. The molecule has 1 aliphatic rings. The van der Waals surface area contributed by atoms with Crippen molar-refractivity contribution < 1.29 is 13.9 Å². The zero-order chi connectivity index (χ0) is 12.4. The molecular weight excluding hydrogens is 246 g/mol. The van der Waals surface area contributed by atoms with E-state index in [1.807, 2.05) is 0 Å². The highest BCUT2D eigenvalue weighted by Gasteiger charge is 2.33. The summed E-state index contributed by atoms with van der Waals surface area (Å²) in [6.07, 6.45) is 0. The molecule has 1 aromatic rings.